The van der Waals surface area contributed by atoms with E-state index in [2.05, 4.69) is 25.6 Å². The normalized spacial score (nSPS) is 17.0. The number of amides is 1. The maximum atomic E-state index is 13.8. The van der Waals surface area contributed by atoms with Crippen LogP contribution in [-0.2, 0) is 43.9 Å². The molecule has 6 aromatic carbocycles. The largest absolute Gasteiger partial charge is 0.508 e. The van der Waals surface area contributed by atoms with Gasteiger partial charge < -0.3 is 25.0 Å². The van der Waals surface area contributed by atoms with Gasteiger partial charge in [0.1, 0.15) is 11.8 Å². The van der Waals surface area contributed by atoms with E-state index in [1.165, 1.54) is 23.9 Å². The van der Waals surface area contributed by atoms with Gasteiger partial charge in [-0.2, -0.15) is 9.40 Å². The van der Waals surface area contributed by atoms with E-state index in [1.807, 2.05) is 110 Å². The van der Waals surface area contributed by atoms with Gasteiger partial charge in [0.2, 0.25) is 21.1 Å². The Bertz CT molecular complexity index is 2720. The minimum Gasteiger partial charge on any atom is -0.508 e. The van der Waals surface area contributed by atoms with Crippen molar-refractivity contribution in [3.63, 3.8) is 0 Å². The number of aliphatic hydroxyl groups excluding tert-OH is 1. The van der Waals surface area contributed by atoms with Crippen LogP contribution in [0.2, 0.25) is 0 Å². The summed E-state index contributed by atoms with van der Waals surface area (Å²) in [5, 5.41) is 35.3. The summed E-state index contributed by atoms with van der Waals surface area (Å²) in [4.78, 5) is 13.9. The lowest BCUT2D eigenvalue weighted by Crippen LogP contribution is -2.47. The average molecular weight is 883 g/mol. The first-order valence-corrected chi connectivity index (χ1v) is 22.9. The second-order valence-electron chi connectivity index (χ2n) is 15.2. The number of phenols is 1. The van der Waals surface area contributed by atoms with Gasteiger partial charge in [-0.25, -0.2) is 8.42 Å². The molecule has 0 aliphatic carbocycles. The maximum absolute atomic E-state index is 13.8. The van der Waals surface area contributed by atoms with Gasteiger partial charge in [0.25, 0.3) is 0 Å². The van der Waals surface area contributed by atoms with E-state index >= 15 is 0 Å². The van der Waals surface area contributed by atoms with Crippen LogP contribution < -0.4 is 10.0 Å². The van der Waals surface area contributed by atoms with Crippen molar-refractivity contribution in [3.05, 3.63) is 185 Å². The molecule has 1 fully saturated rings. The fraction of sp³-hybridized carbons (Fsp3) is 0.208. The minimum atomic E-state index is -4.00. The number of benzene rings is 6. The molecule has 1 aromatic heterocycles. The van der Waals surface area contributed by atoms with Gasteiger partial charge in [-0.05, 0) is 93.6 Å². The van der Waals surface area contributed by atoms with Crippen LogP contribution in [0.25, 0.3) is 16.8 Å². The first-order valence-electron chi connectivity index (χ1n) is 20.4. The molecule has 322 valence electrons. The van der Waals surface area contributed by atoms with Gasteiger partial charge in [-0.15, -0.1) is 5.10 Å². The van der Waals surface area contributed by atoms with Crippen molar-refractivity contribution in [1.29, 1.82) is 0 Å². The summed E-state index contributed by atoms with van der Waals surface area (Å²) in [6.45, 7) is 1.99. The Morgan fingerprint density at radius 2 is 1.52 bits per heavy atom. The molecule has 63 heavy (non-hydrogen) atoms. The van der Waals surface area contributed by atoms with Gasteiger partial charge in [0, 0.05) is 24.3 Å². The van der Waals surface area contributed by atoms with Crippen molar-refractivity contribution < 1.29 is 32.9 Å². The van der Waals surface area contributed by atoms with E-state index < -0.39 is 28.3 Å². The Labute approximate surface area is 370 Å². The SMILES string of the molecule is Cc1ccc(S(=O)(=O)N[C@H](Cc2ccccc2)C(=O)NCc2ccccc2-c2ccc([C@@H]3O[C@H](CSc4nnnn4-c4ccc(O)cc4)C[C@H](c4ccc(CO)cc4)O3)cc2)cc1. The molecule has 2 heterocycles. The molecule has 0 saturated carbocycles. The summed E-state index contributed by atoms with van der Waals surface area (Å²) in [5.74, 6) is 0.228. The number of aromatic nitrogens is 4. The third kappa shape index (κ3) is 10.9. The van der Waals surface area contributed by atoms with Crippen LogP contribution in [0.4, 0.5) is 0 Å². The van der Waals surface area contributed by atoms with Crippen LogP contribution in [0, 0.1) is 6.92 Å². The molecule has 15 heteroatoms. The summed E-state index contributed by atoms with van der Waals surface area (Å²) in [5.41, 5.74) is 7.70. The van der Waals surface area contributed by atoms with Gasteiger partial charge >= 0.3 is 0 Å². The van der Waals surface area contributed by atoms with Crippen molar-refractivity contribution >= 4 is 27.7 Å². The van der Waals surface area contributed by atoms with E-state index in [4.69, 9.17) is 9.47 Å². The highest BCUT2D eigenvalue weighted by Crippen LogP contribution is 2.40. The Morgan fingerprint density at radius 1 is 0.825 bits per heavy atom. The molecule has 0 unspecified atom stereocenters. The zero-order chi connectivity index (χ0) is 43.8. The minimum absolute atomic E-state index is 0.0563. The molecule has 4 atom stereocenters. The molecular weight excluding hydrogens is 837 g/mol. The van der Waals surface area contributed by atoms with Crippen LogP contribution >= 0.6 is 11.8 Å². The number of nitrogens with one attached hydrogen (secondary N) is 2. The fourth-order valence-corrected chi connectivity index (χ4v) is 9.41. The third-order valence-electron chi connectivity index (χ3n) is 10.7. The summed E-state index contributed by atoms with van der Waals surface area (Å²) in [6, 6.07) is 44.8. The van der Waals surface area contributed by atoms with E-state index in [0.29, 0.717) is 23.0 Å². The number of tetrazole rings is 1. The number of carbonyl (C=O) groups excluding carboxylic acids is 1. The average Bonchev–Trinajstić information content (AvgIpc) is 3.79. The molecule has 4 N–H and O–H groups in total. The molecule has 1 aliphatic rings. The van der Waals surface area contributed by atoms with Crippen molar-refractivity contribution in [3.8, 4) is 22.6 Å². The topological polar surface area (TPSA) is 178 Å². The lowest BCUT2D eigenvalue weighted by atomic mass is 9.97. The number of thioether (sulfide) groups is 1. The number of hydrogen-bond donors (Lipinski definition) is 4. The van der Waals surface area contributed by atoms with Crippen LogP contribution in [0.5, 0.6) is 5.75 Å². The standard InChI is InChI=1S/C48H46N6O7S2/c1-32-11-25-42(26-12-32)63(58,59)51-44(27-33-7-3-2-4-8-33)46(57)49-29-38-9-5-6-10-43(38)35-17-19-37(20-18-35)47-60-41(28-45(61-47)36-15-13-34(30-55)14-16-36)31-62-48-50-52-53-54(48)39-21-23-40(56)24-22-39/h2-26,41,44-45,47,51,55-56H,27-31H2,1H3,(H,49,57)/t41-,44+,45+,47+/m0/s1. The number of nitrogens with zero attached hydrogens (tertiary/aromatic N) is 4. The molecule has 1 saturated heterocycles. The smallest absolute Gasteiger partial charge is 0.241 e. The molecule has 13 nitrogen and oxygen atoms in total. The van der Waals surface area contributed by atoms with E-state index in [-0.39, 0.29) is 42.4 Å². The van der Waals surface area contributed by atoms with Gasteiger partial charge in [-0.3, -0.25) is 4.79 Å². The van der Waals surface area contributed by atoms with Crippen molar-refractivity contribution in [1.82, 2.24) is 30.2 Å². The predicted octanol–water partition coefficient (Wildman–Crippen LogP) is 7.38. The quantitative estimate of drug-likeness (QED) is 0.0713. The molecular formula is C48H46N6O7S2. The Hall–Kier alpha value is -6.20. The van der Waals surface area contributed by atoms with Crippen molar-refractivity contribution in [2.24, 2.45) is 0 Å². The molecule has 0 radical (unpaired) electrons. The molecule has 1 amide bonds. The number of aliphatic hydroxyl groups is 1. The zero-order valence-corrected chi connectivity index (χ0v) is 36.0. The van der Waals surface area contributed by atoms with Crippen LogP contribution in [0.3, 0.4) is 0 Å². The Morgan fingerprint density at radius 3 is 2.25 bits per heavy atom. The highest BCUT2D eigenvalue weighted by Gasteiger charge is 2.33. The lowest BCUT2D eigenvalue weighted by Gasteiger charge is -2.36. The number of rotatable bonds is 16. The summed E-state index contributed by atoms with van der Waals surface area (Å²) in [6.07, 6.45) is -0.518. The number of aryl methyl sites for hydroxylation is 1. The van der Waals surface area contributed by atoms with Crippen LogP contribution in [0.15, 0.2) is 162 Å². The highest BCUT2D eigenvalue weighted by molar-refractivity contribution is 7.99. The second-order valence-corrected chi connectivity index (χ2v) is 17.9. The molecule has 8 rings (SSSR count). The first-order chi connectivity index (χ1) is 30.6. The van der Waals surface area contributed by atoms with Crippen molar-refractivity contribution in [2.75, 3.05) is 5.75 Å². The summed E-state index contributed by atoms with van der Waals surface area (Å²) < 4.78 is 44.4. The number of ether oxygens (including phenoxy) is 2. The van der Waals surface area contributed by atoms with Gasteiger partial charge in [0.05, 0.1) is 29.4 Å². The van der Waals surface area contributed by atoms with Gasteiger partial charge in [-0.1, -0.05) is 133 Å². The summed E-state index contributed by atoms with van der Waals surface area (Å²) in [7, 11) is -4.00. The molecule has 0 spiro atoms. The first kappa shape index (κ1) is 43.4. The lowest BCUT2D eigenvalue weighted by molar-refractivity contribution is -0.245. The van der Waals surface area contributed by atoms with Crippen molar-refractivity contribution in [2.45, 2.75) is 67.5 Å². The summed E-state index contributed by atoms with van der Waals surface area (Å²) >= 11 is 1.46. The number of aromatic hydroxyl groups is 1. The number of sulfonamides is 1. The predicted molar refractivity (Wildman–Crippen MR) is 239 cm³/mol. The second kappa shape index (κ2) is 19.9. The maximum Gasteiger partial charge on any atom is 0.241 e. The third-order valence-corrected chi connectivity index (χ3v) is 13.3. The van der Waals surface area contributed by atoms with E-state index in [9.17, 15) is 23.4 Å². The van der Waals surface area contributed by atoms with E-state index in [0.717, 1.165) is 44.5 Å². The zero-order valence-electron chi connectivity index (χ0n) is 34.3. The van der Waals surface area contributed by atoms with Crippen LogP contribution in [-0.4, -0.2) is 62.6 Å². The number of hydrogen-bond acceptors (Lipinski definition) is 11. The fourth-order valence-electron chi connectivity index (χ4n) is 7.31. The van der Waals surface area contributed by atoms with Crippen LogP contribution in [0.1, 0.15) is 52.2 Å². The number of phenolic OH excluding ortho intramolecular Hbond substituents is 1. The number of carbonyl (C=O) groups is 1. The molecule has 7 aromatic rings. The molecule has 0 bridgehead atoms. The Kier molecular flexibility index (Phi) is 13.7. The van der Waals surface area contributed by atoms with Gasteiger partial charge in [0.15, 0.2) is 6.29 Å². The molecule has 1 aliphatic heterocycles. The monoisotopic (exact) mass is 882 g/mol. The Balaban J connectivity index is 0.980. The highest BCUT2D eigenvalue weighted by atomic mass is 32.2. The van der Waals surface area contributed by atoms with E-state index in [1.54, 1.807) is 41.1 Å².